The smallest absolute Gasteiger partial charge is 0.250 e. The third kappa shape index (κ3) is 4.68. The predicted octanol–water partition coefficient (Wildman–Crippen LogP) is 5.08. The maximum absolute atomic E-state index is 12.5. The van der Waals surface area contributed by atoms with E-state index in [-0.39, 0.29) is 23.9 Å². The van der Waals surface area contributed by atoms with Gasteiger partial charge in [0.2, 0.25) is 5.95 Å². The Morgan fingerprint density at radius 2 is 1.68 bits per heavy atom. The Labute approximate surface area is 198 Å². The topological polar surface area (TPSA) is 81.1 Å². The van der Waals surface area contributed by atoms with Crippen LogP contribution in [-0.2, 0) is 4.79 Å². The van der Waals surface area contributed by atoms with Gasteiger partial charge in [0.25, 0.3) is 11.9 Å². The van der Waals surface area contributed by atoms with Crippen LogP contribution in [0.3, 0.4) is 0 Å². The average Bonchev–Trinajstić information content (AvgIpc) is 3.30. The van der Waals surface area contributed by atoms with Crippen LogP contribution in [0.25, 0.3) is 6.08 Å². The van der Waals surface area contributed by atoms with Gasteiger partial charge in [0.1, 0.15) is 5.75 Å². The molecule has 1 amide bonds. The monoisotopic (exact) mass is 451 g/mol. The molecule has 7 nitrogen and oxygen atoms in total. The van der Waals surface area contributed by atoms with Crippen LogP contribution in [-0.4, -0.2) is 27.8 Å². The van der Waals surface area contributed by atoms with E-state index >= 15 is 0 Å². The van der Waals surface area contributed by atoms with Gasteiger partial charge in [-0.1, -0.05) is 72.8 Å². The highest BCUT2D eigenvalue weighted by atomic mass is 16.5. The van der Waals surface area contributed by atoms with Crippen molar-refractivity contribution in [3.8, 4) is 5.75 Å². The lowest BCUT2D eigenvalue weighted by atomic mass is 9.93. The van der Waals surface area contributed by atoms with E-state index in [9.17, 15) is 4.79 Å². The number of amides is 1. The SMILES string of the molecule is COc1ccc(/C=C/C(=O)Nc2nc3n(n2)[C@H](c2ccccc2)C[C@@H](c2ccccc2)N3)cc1. The molecule has 5 rings (SSSR count). The van der Waals surface area contributed by atoms with Crippen LogP contribution in [0.5, 0.6) is 5.75 Å². The van der Waals surface area contributed by atoms with E-state index in [0.29, 0.717) is 5.95 Å². The maximum Gasteiger partial charge on any atom is 0.250 e. The molecule has 1 aromatic heterocycles. The zero-order valence-electron chi connectivity index (χ0n) is 18.8. The van der Waals surface area contributed by atoms with Crippen LogP contribution in [0.1, 0.15) is 35.2 Å². The second-order valence-corrected chi connectivity index (χ2v) is 8.07. The predicted molar refractivity (Wildman–Crippen MR) is 133 cm³/mol. The Morgan fingerprint density at radius 1 is 1.00 bits per heavy atom. The van der Waals surface area contributed by atoms with Gasteiger partial charge in [0.15, 0.2) is 0 Å². The number of hydrogen-bond acceptors (Lipinski definition) is 5. The van der Waals surface area contributed by atoms with Gasteiger partial charge in [-0.3, -0.25) is 10.1 Å². The van der Waals surface area contributed by atoms with Gasteiger partial charge in [-0.25, -0.2) is 4.68 Å². The Balaban J connectivity index is 1.37. The Kier molecular flexibility index (Phi) is 6.07. The molecule has 1 aliphatic heterocycles. The molecule has 2 atom stereocenters. The number of carbonyl (C=O) groups excluding carboxylic acids is 1. The molecule has 1 aliphatic rings. The molecular weight excluding hydrogens is 426 g/mol. The summed E-state index contributed by atoms with van der Waals surface area (Å²) in [4.78, 5) is 17.1. The van der Waals surface area contributed by atoms with Crippen molar-refractivity contribution in [1.82, 2.24) is 14.8 Å². The zero-order chi connectivity index (χ0) is 23.3. The molecule has 170 valence electrons. The van der Waals surface area contributed by atoms with E-state index in [1.165, 1.54) is 11.6 Å². The molecule has 0 saturated carbocycles. The third-order valence-corrected chi connectivity index (χ3v) is 5.85. The van der Waals surface area contributed by atoms with Gasteiger partial charge in [0, 0.05) is 6.08 Å². The van der Waals surface area contributed by atoms with E-state index in [4.69, 9.17) is 4.74 Å². The summed E-state index contributed by atoms with van der Waals surface area (Å²) < 4.78 is 7.02. The van der Waals surface area contributed by atoms with Gasteiger partial charge >= 0.3 is 0 Å². The molecule has 2 heterocycles. The van der Waals surface area contributed by atoms with Crippen LogP contribution >= 0.6 is 0 Å². The Morgan fingerprint density at radius 3 is 2.35 bits per heavy atom. The van der Waals surface area contributed by atoms with Gasteiger partial charge in [0.05, 0.1) is 19.2 Å². The van der Waals surface area contributed by atoms with Crippen molar-refractivity contribution in [3.05, 3.63) is 108 Å². The average molecular weight is 452 g/mol. The van der Waals surface area contributed by atoms with E-state index in [2.05, 4.69) is 45.0 Å². The molecule has 0 bridgehead atoms. The summed E-state index contributed by atoms with van der Waals surface area (Å²) in [6.45, 7) is 0. The third-order valence-electron chi connectivity index (χ3n) is 5.85. The van der Waals surface area contributed by atoms with Gasteiger partial charge < -0.3 is 10.1 Å². The lowest BCUT2D eigenvalue weighted by Gasteiger charge is -2.31. The Bertz CT molecular complexity index is 1280. The lowest BCUT2D eigenvalue weighted by molar-refractivity contribution is -0.111. The zero-order valence-corrected chi connectivity index (χ0v) is 18.8. The van der Waals surface area contributed by atoms with E-state index < -0.39 is 0 Å². The first-order valence-electron chi connectivity index (χ1n) is 11.2. The molecule has 2 N–H and O–H groups in total. The number of anilines is 2. The summed E-state index contributed by atoms with van der Waals surface area (Å²) in [6.07, 6.45) is 4.02. The van der Waals surface area contributed by atoms with Crippen LogP contribution in [0.4, 0.5) is 11.9 Å². The fraction of sp³-hybridized carbons (Fsp3) is 0.148. The van der Waals surface area contributed by atoms with E-state index in [1.807, 2.05) is 65.3 Å². The molecule has 0 unspecified atom stereocenters. The summed E-state index contributed by atoms with van der Waals surface area (Å²) >= 11 is 0. The van der Waals surface area contributed by atoms with E-state index in [1.54, 1.807) is 13.2 Å². The number of nitrogens with one attached hydrogen (secondary N) is 2. The maximum atomic E-state index is 12.5. The van der Waals surface area contributed by atoms with Crippen LogP contribution in [0.15, 0.2) is 91.0 Å². The molecule has 7 heteroatoms. The van der Waals surface area contributed by atoms with Crippen molar-refractivity contribution in [2.45, 2.75) is 18.5 Å². The van der Waals surface area contributed by atoms with E-state index in [0.717, 1.165) is 23.3 Å². The molecular formula is C27H25N5O2. The highest BCUT2D eigenvalue weighted by molar-refractivity contribution is 6.00. The van der Waals surface area contributed by atoms with Crippen molar-refractivity contribution < 1.29 is 9.53 Å². The molecule has 4 aromatic rings. The quantitative estimate of drug-likeness (QED) is 0.399. The van der Waals surface area contributed by atoms with Crippen molar-refractivity contribution >= 4 is 23.9 Å². The molecule has 0 radical (unpaired) electrons. The van der Waals surface area contributed by atoms with Crippen molar-refractivity contribution in [1.29, 1.82) is 0 Å². The van der Waals surface area contributed by atoms with Crippen molar-refractivity contribution in [2.75, 3.05) is 17.7 Å². The van der Waals surface area contributed by atoms with Crippen molar-refractivity contribution in [3.63, 3.8) is 0 Å². The number of ether oxygens (including phenoxy) is 1. The molecule has 3 aromatic carbocycles. The minimum absolute atomic E-state index is 0.00403. The number of nitrogens with zero attached hydrogens (tertiary/aromatic N) is 3. The molecule has 0 spiro atoms. The highest BCUT2D eigenvalue weighted by Crippen LogP contribution is 2.38. The van der Waals surface area contributed by atoms with Crippen LogP contribution in [0, 0.1) is 0 Å². The normalized spacial score (nSPS) is 17.1. The number of rotatable bonds is 6. The first-order chi connectivity index (χ1) is 16.7. The number of hydrogen-bond donors (Lipinski definition) is 2. The summed E-state index contributed by atoms with van der Waals surface area (Å²) in [7, 11) is 1.62. The standard InChI is InChI=1S/C27H25N5O2/c1-34-22-15-12-19(13-16-22)14-17-25(33)29-26-30-27-28-23(20-8-4-2-5-9-20)18-24(32(27)31-26)21-10-6-3-7-11-21/h2-17,23-24H,18H2,1H3,(H2,28,29,30,31,33)/b17-14+/t23-,24-/m0/s1. The first-order valence-corrected chi connectivity index (χ1v) is 11.2. The fourth-order valence-corrected chi connectivity index (χ4v) is 4.13. The van der Waals surface area contributed by atoms with Crippen LogP contribution in [0.2, 0.25) is 0 Å². The molecule has 0 saturated heterocycles. The summed E-state index contributed by atoms with van der Waals surface area (Å²) in [5.74, 6) is 1.36. The highest BCUT2D eigenvalue weighted by Gasteiger charge is 2.31. The van der Waals surface area contributed by atoms with Gasteiger partial charge in [-0.2, -0.15) is 4.98 Å². The lowest BCUT2D eigenvalue weighted by Crippen LogP contribution is -2.28. The number of aromatic nitrogens is 3. The summed E-state index contributed by atoms with van der Waals surface area (Å²) in [5, 5.41) is 10.9. The van der Waals surface area contributed by atoms with Crippen molar-refractivity contribution in [2.24, 2.45) is 0 Å². The number of carbonyl (C=O) groups is 1. The minimum Gasteiger partial charge on any atom is -0.497 e. The van der Waals surface area contributed by atoms with Crippen LogP contribution < -0.4 is 15.4 Å². The number of fused-ring (bicyclic) bond motifs is 1. The summed E-state index contributed by atoms with van der Waals surface area (Å²) in [5.41, 5.74) is 3.23. The van der Waals surface area contributed by atoms with Gasteiger partial charge in [-0.05, 0) is 41.3 Å². The largest absolute Gasteiger partial charge is 0.497 e. The molecule has 34 heavy (non-hydrogen) atoms. The summed E-state index contributed by atoms with van der Waals surface area (Å²) in [6, 6.07) is 28.1. The second-order valence-electron chi connectivity index (χ2n) is 8.07. The fourth-order valence-electron chi connectivity index (χ4n) is 4.13. The van der Waals surface area contributed by atoms with Gasteiger partial charge in [-0.15, -0.1) is 5.10 Å². The molecule has 0 fully saturated rings. The number of methoxy groups -OCH3 is 1. The first kappa shape index (κ1) is 21.5. The Hall–Kier alpha value is -4.39. The number of benzene rings is 3. The minimum atomic E-state index is -0.297. The molecule has 0 aliphatic carbocycles. The second kappa shape index (κ2) is 9.62.